The number of nitrogens with two attached hydrogens (primary N) is 1. The molecule has 18 heavy (non-hydrogen) atoms. The summed E-state index contributed by atoms with van der Waals surface area (Å²) in [6.07, 6.45) is -1.52. The van der Waals surface area contributed by atoms with Gasteiger partial charge >= 0.3 is 6.36 Å². The van der Waals surface area contributed by atoms with E-state index in [-0.39, 0.29) is 11.6 Å². The number of aromatic nitrogens is 4. The molecule has 0 aliphatic heterocycles. The fourth-order valence-corrected chi connectivity index (χ4v) is 1.42. The van der Waals surface area contributed by atoms with Crippen molar-refractivity contribution in [2.75, 3.05) is 5.73 Å². The van der Waals surface area contributed by atoms with Gasteiger partial charge in [0.15, 0.2) is 17.4 Å². The molecule has 2 rings (SSSR count). The zero-order valence-electron chi connectivity index (χ0n) is 8.52. The normalized spacial score (nSPS) is 11.6. The number of ether oxygens (including phenoxy) is 1. The van der Waals surface area contributed by atoms with Crippen molar-refractivity contribution in [3.63, 3.8) is 0 Å². The van der Waals surface area contributed by atoms with Crippen LogP contribution in [0.15, 0.2) is 23.2 Å². The Balaban J connectivity index is 2.32. The highest BCUT2D eigenvalue weighted by molar-refractivity contribution is 9.10. The molecule has 2 aromatic heterocycles. The molecule has 2 N–H and O–H groups in total. The van der Waals surface area contributed by atoms with Crippen LogP contribution in [0.5, 0.6) is 5.75 Å². The average Bonchev–Trinajstić information content (AvgIpc) is 2.67. The summed E-state index contributed by atoms with van der Waals surface area (Å²) in [6.45, 7) is 0. The second-order valence-corrected chi connectivity index (χ2v) is 3.88. The highest BCUT2D eigenvalue weighted by Crippen LogP contribution is 2.23. The minimum absolute atomic E-state index is 0.0276. The summed E-state index contributed by atoms with van der Waals surface area (Å²) in [5.41, 5.74) is 5.54. The molecule has 2 heterocycles. The van der Waals surface area contributed by atoms with Crippen molar-refractivity contribution in [1.82, 2.24) is 19.7 Å². The molecule has 0 aliphatic carbocycles. The van der Waals surface area contributed by atoms with E-state index in [1.807, 2.05) is 0 Å². The monoisotopic (exact) mass is 323 g/mol. The van der Waals surface area contributed by atoms with Gasteiger partial charge in [0.1, 0.15) is 4.60 Å². The summed E-state index contributed by atoms with van der Waals surface area (Å²) < 4.78 is 41.0. The van der Waals surface area contributed by atoms with Crippen LogP contribution in [0.2, 0.25) is 0 Å². The van der Waals surface area contributed by atoms with Gasteiger partial charge in [-0.25, -0.2) is 14.6 Å². The smallest absolute Gasteiger partial charge is 0.402 e. The Morgan fingerprint density at radius 2 is 2.06 bits per heavy atom. The number of hydrogen-bond acceptors (Lipinski definition) is 5. The Morgan fingerprint density at radius 1 is 1.33 bits per heavy atom. The molecular weight excluding hydrogens is 319 g/mol. The van der Waals surface area contributed by atoms with Gasteiger partial charge in [-0.15, -0.1) is 13.2 Å². The zero-order valence-corrected chi connectivity index (χ0v) is 10.1. The first-order valence-electron chi connectivity index (χ1n) is 4.44. The highest BCUT2D eigenvalue weighted by atomic mass is 79.9. The van der Waals surface area contributed by atoms with Crippen molar-refractivity contribution in [3.05, 3.63) is 23.2 Å². The van der Waals surface area contributed by atoms with E-state index >= 15 is 0 Å². The number of hydrogen-bond donors (Lipinski definition) is 1. The van der Waals surface area contributed by atoms with E-state index in [1.165, 1.54) is 6.20 Å². The van der Waals surface area contributed by atoms with E-state index in [4.69, 9.17) is 5.73 Å². The standard InChI is InChI=1S/C8H5BrF3N5O/c9-5-2-14-6(13)7(16-5)17-3-4(1-15-17)18-8(10,11)12/h1-3H,(H2,13,14). The molecule has 0 aromatic carbocycles. The number of rotatable bonds is 2. The summed E-state index contributed by atoms with van der Waals surface area (Å²) in [4.78, 5) is 7.73. The topological polar surface area (TPSA) is 78.8 Å². The van der Waals surface area contributed by atoms with E-state index in [0.717, 1.165) is 17.1 Å². The molecule has 0 bridgehead atoms. The van der Waals surface area contributed by atoms with Crippen LogP contribution < -0.4 is 10.5 Å². The molecule has 0 unspecified atom stereocenters. The van der Waals surface area contributed by atoms with Gasteiger partial charge in [-0.1, -0.05) is 0 Å². The average molecular weight is 324 g/mol. The van der Waals surface area contributed by atoms with Crippen LogP contribution >= 0.6 is 15.9 Å². The SMILES string of the molecule is Nc1ncc(Br)nc1-n1cc(OC(F)(F)F)cn1. The number of nitrogens with zero attached hydrogens (tertiary/aromatic N) is 4. The maximum absolute atomic E-state index is 12.0. The van der Waals surface area contributed by atoms with Gasteiger partial charge in [0, 0.05) is 0 Å². The summed E-state index contributed by atoms with van der Waals surface area (Å²) in [7, 11) is 0. The zero-order chi connectivity index (χ0) is 13.3. The van der Waals surface area contributed by atoms with Gasteiger partial charge in [0.2, 0.25) is 0 Å². The molecule has 0 amide bonds. The minimum Gasteiger partial charge on any atom is -0.402 e. The summed E-state index contributed by atoms with van der Waals surface area (Å²) >= 11 is 3.07. The first-order chi connectivity index (χ1) is 8.35. The molecule has 0 saturated carbocycles. The third-order valence-electron chi connectivity index (χ3n) is 1.76. The third kappa shape index (κ3) is 2.88. The molecule has 96 valence electrons. The number of alkyl halides is 3. The van der Waals surface area contributed by atoms with Crippen LogP contribution in [0.1, 0.15) is 0 Å². The summed E-state index contributed by atoms with van der Waals surface area (Å²) in [5, 5.41) is 3.66. The fourth-order valence-electron chi connectivity index (χ4n) is 1.14. The molecule has 0 fully saturated rings. The highest BCUT2D eigenvalue weighted by Gasteiger charge is 2.31. The molecular formula is C8H5BrF3N5O. The van der Waals surface area contributed by atoms with E-state index in [1.54, 1.807) is 0 Å². The molecule has 6 nitrogen and oxygen atoms in total. The number of nitrogen functional groups attached to an aromatic ring is 1. The van der Waals surface area contributed by atoms with Crippen molar-refractivity contribution in [2.24, 2.45) is 0 Å². The molecule has 0 saturated heterocycles. The Morgan fingerprint density at radius 3 is 2.72 bits per heavy atom. The Labute approximate surface area is 107 Å². The third-order valence-corrected chi connectivity index (χ3v) is 2.14. The number of halogens is 4. The predicted octanol–water partition coefficient (Wildman–Crippen LogP) is 1.91. The largest absolute Gasteiger partial charge is 0.573 e. The lowest BCUT2D eigenvalue weighted by atomic mass is 10.6. The maximum Gasteiger partial charge on any atom is 0.573 e. The van der Waals surface area contributed by atoms with Gasteiger partial charge in [-0.2, -0.15) is 5.10 Å². The summed E-state index contributed by atoms with van der Waals surface area (Å²) in [5.74, 6) is -0.343. The lowest BCUT2D eigenvalue weighted by molar-refractivity contribution is -0.274. The molecule has 0 aliphatic rings. The van der Waals surface area contributed by atoms with Crippen LogP contribution in [0.4, 0.5) is 19.0 Å². The van der Waals surface area contributed by atoms with Crippen molar-refractivity contribution >= 4 is 21.7 Å². The van der Waals surface area contributed by atoms with Gasteiger partial charge in [-0.05, 0) is 15.9 Å². The Hall–Kier alpha value is -1.84. The van der Waals surface area contributed by atoms with Crippen molar-refractivity contribution in [2.45, 2.75) is 6.36 Å². The quantitative estimate of drug-likeness (QED) is 0.913. The first kappa shape index (κ1) is 12.6. The maximum atomic E-state index is 12.0. The van der Waals surface area contributed by atoms with Gasteiger partial charge in [0.25, 0.3) is 0 Å². The Kier molecular flexibility index (Phi) is 3.11. The van der Waals surface area contributed by atoms with Crippen LogP contribution in [0, 0.1) is 0 Å². The molecule has 0 spiro atoms. The van der Waals surface area contributed by atoms with Gasteiger partial charge in [-0.3, -0.25) is 0 Å². The second-order valence-electron chi connectivity index (χ2n) is 3.07. The molecule has 2 aromatic rings. The van der Waals surface area contributed by atoms with E-state index in [2.05, 4.69) is 35.7 Å². The summed E-state index contributed by atoms with van der Waals surface area (Å²) in [6, 6.07) is 0. The molecule has 0 atom stereocenters. The van der Waals surface area contributed by atoms with E-state index in [0.29, 0.717) is 4.60 Å². The molecule has 10 heteroatoms. The van der Waals surface area contributed by atoms with Crippen molar-refractivity contribution in [1.29, 1.82) is 0 Å². The van der Waals surface area contributed by atoms with Gasteiger partial charge < -0.3 is 10.5 Å². The first-order valence-corrected chi connectivity index (χ1v) is 5.23. The Bertz CT molecular complexity index is 570. The molecule has 0 radical (unpaired) electrons. The van der Waals surface area contributed by atoms with Crippen molar-refractivity contribution < 1.29 is 17.9 Å². The van der Waals surface area contributed by atoms with Crippen LogP contribution in [0.3, 0.4) is 0 Å². The van der Waals surface area contributed by atoms with E-state index in [9.17, 15) is 13.2 Å². The predicted molar refractivity (Wildman–Crippen MR) is 57.9 cm³/mol. The van der Waals surface area contributed by atoms with Crippen LogP contribution in [-0.4, -0.2) is 26.1 Å². The lowest BCUT2D eigenvalue weighted by Gasteiger charge is -2.05. The second kappa shape index (κ2) is 4.44. The van der Waals surface area contributed by atoms with Crippen LogP contribution in [-0.2, 0) is 0 Å². The van der Waals surface area contributed by atoms with Crippen molar-refractivity contribution in [3.8, 4) is 11.6 Å². The van der Waals surface area contributed by atoms with Gasteiger partial charge in [0.05, 0.1) is 18.6 Å². The number of anilines is 1. The fraction of sp³-hybridized carbons (Fsp3) is 0.125. The van der Waals surface area contributed by atoms with E-state index < -0.39 is 12.1 Å². The lowest BCUT2D eigenvalue weighted by Crippen LogP contribution is -2.16. The van der Waals surface area contributed by atoms with Crippen LogP contribution in [0.25, 0.3) is 5.82 Å². The minimum atomic E-state index is -4.78.